The van der Waals surface area contributed by atoms with Crippen LogP contribution < -0.4 is 10.5 Å². The first-order valence-electron chi connectivity index (χ1n) is 5.97. The maximum atomic E-state index is 6.07. The SMILES string of the molecule is C=C(C)C[C@@H](N)c1ccc(OC(C)(C)C)cc1.Cl. The van der Waals surface area contributed by atoms with Crippen LogP contribution in [-0.2, 0) is 0 Å². The van der Waals surface area contributed by atoms with Gasteiger partial charge in [-0.15, -0.1) is 19.0 Å². The van der Waals surface area contributed by atoms with Gasteiger partial charge >= 0.3 is 0 Å². The Morgan fingerprint density at radius 3 is 2.17 bits per heavy atom. The maximum absolute atomic E-state index is 6.07. The zero-order valence-electron chi connectivity index (χ0n) is 11.7. The van der Waals surface area contributed by atoms with E-state index in [1.165, 1.54) is 0 Å². The Kier molecular flexibility index (Phi) is 6.44. The Bertz CT molecular complexity index is 378. The number of rotatable bonds is 4. The summed E-state index contributed by atoms with van der Waals surface area (Å²) in [7, 11) is 0. The van der Waals surface area contributed by atoms with Crippen molar-refractivity contribution in [3.63, 3.8) is 0 Å². The molecule has 1 aromatic carbocycles. The Hall–Kier alpha value is -0.990. The molecule has 1 rings (SSSR count). The molecule has 2 nitrogen and oxygen atoms in total. The van der Waals surface area contributed by atoms with Gasteiger partial charge in [0.2, 0.25) is 0 Å². The van der Waals surface area contributed by atoms with Crippen molar-refractivity contribution in [3.05, 3.63) is 42.0 Å². The fraction of sp³-hybridized carbons (Fsp3) is 0.467. The molecule has 18 heavy (non-hydrogen) atoms. The van der Waals surface area contributed by atoms with E-state index in [0.29, 0.717) is 0 Å². The van der Waals surface area contributed by atoms with Crippen LogP contribution in [0.3, 0.4) is 0 Å². The highest BCUT2D eigenvalue weighted by atomic mass is 35.5. The topological polar surface area (TPSA) is 35.2 Å². The molecule has 0 unspecified atom stereocenters. The summed E-state index contributed by atoms with van der Waals surface area (Å²) in [6.45, 7) is 12.0. The van der Waals surface area contributed by atoms with Crippen LogP contribution in [0.25, 0.3) is 0 Å². The van der Waals surface area contributed by atoms with Crippen LogP contribution in [0.5, 0.6) is 5.75 Å². The molecule has 0 heterocycles. The van der Waals surface area contributed by atoms with Crippen molar-refractivity contribution in [1.29, 1.82) is 0 Å². The average Bonchev–Trinajstić information content (AvgIpc) is 2.15. The summed E-state index contributed by atoms with van der Waals surface area (Å²) in [5, 5.41) is 0. The summed E-state index contributed by atoms with van der Waals surface area (Å²) in [6.07, 6.45) is 0.819. The van der Waals surface area contributed by atoms with E-state index in [2.05, 4.69) is 6.58 Å². The maximum Gasteiger partial charge on any atom is 0.120 e. The fourth-order valence-electron chi connectivity index (χ4n) is 1.63. The fourth-order valence-corrected chi connectivity index (χ4v) is 1.63. The zero-order chi connectivity index (χ0) is 13.1. The number of hydrogen-bond acceptors (Lipinski definition) is 2. The second-order valence-corrected chi connectivity index (χ2v) is 5.55. The lowest BCUT2D eigenvalue weighted by Gasteiger charge is -2.21. The molecule has 0 aliphatic rings. The summed E-state index contributed by atoms with van der Waals surface area (Å²) in [5.74, 6) is 0.878. The van der Waals surface area contributed by atoms with E-state index in [-0.39, 0.29) is 24.0 Å². The summed E-state index contributed by atoms with van der Waals surface area (Å²) in [4.78, 5) is 0. The number of benzene rings is 1. The van der Waals surface area contributed by atoms with E-state index in [9.17, 15) is 0 Å². The minimum Gasteiger partial charge on any atom is -0.488 e. The summed E-state index contributed by atoms with van der Waals surface area (Å²) in [6, 6.07) is 8.01. The number of halogens is 1. The minimum absolute atomic E-state index is 0. The van der Waals surface area contributed by atoms with Crippen LogP contribution in [0.1, 0.15) is 45.7 Å². The van der Waals surface area contributed by atoms with Crippen molar-refractivity contribution in [3.8, 4) is 5.75 Å². The van der Waals surface area contributed by atoms with E-state index in [4.69, 9.17) is 10.5 Å². The molecule has 0 amide bonds. The van der Waals surface area contributed by atoms with Crippen LogP contribution in [0.4, 0.5) is 0 Å². The summed E-state index contributed by atoms with van der Waals surface area (Å²) < 4.78 is 5.76. The highest BCUT2D eigenvalue weighted by Crippen LogP contribution is 2.23. The van der Waals surface area contributed by atoms with Crippen LogP contribution in [-0.4, -0.2) is 5.60 Å². The minimum atomic E-state index is -0.165. The molecular formula is C15H24ClNO. The number of nitrogens with two attached hydrogens (primary N) is 1. The van der Waals surface area contributed by atoms with Gasteiger partial charge in [0.1, 0.15) is 11.4 Å². The van der Waals surface area contributed by atoms with Gasteiger partial charge in [0.15, 0.2) is 0 Å². The van der Waals surface area contributed by atoms with Gasteiger partial charge in [-0.2, -0.15) is 0 Å². The van der Waals surface area contributed by atoms with E-state index >= 15 is 0 Å². The van der Waals surface area contributed by atoms with Gasteiger partial charge in [-0.3, -0.25) is 0 Å². The van der Waals surface area contributed by atoms with Gasteiger partial charge in [0, 0.05) is 6.04 Å². The third-order valence-corrected chi connectivity index (χ3v) is 2.30. The predicted molar refractivity (Wildman–Crippen MR) is 80.4 cm³/mol. The lowest BCUT2D eigenvalue weighted by Crippen LogP contribution is -2.22. The lowest BCUT2D eigenvalue weighted by atomic mass is 10.0. The van der Waals surface area contributed by atoms with Gasteiger partial charge in [0.25, 0.3) is 0 Å². The molecule has 0 saturated heterocycles. The van der Waals surface area contributed by atoms with Crippen LogP contribution in [0.2, 0.25) is 0 Å². The predicted octanol–water partition coefficient (Wildman–Crippen LogP) is 4.25. The normalized spacial score (nSPS) is 12.5. The van der Waals surface area contributed by atoms with Crippen LogP contribution in [0.15, 0.2) is 36.4 Å². The first-order valence-corrected chi connectivity index (χ1v) is 5.97. The summed E-state index contributed by atoms with van der Waals surface area (Å²) in [5.41, 5.74) is 8.13. The lowest BCUT2D eigenvalue weighted by molar-refractivity contribution is 0.131. The molecule has 0 aromatic heterocycles. The molecule has 0 spiro atoms. The van der Waals surface area contributed by atoms with Crippen molar-refractivity contribution in [1.82, 2.24) is 0 Å². The second kappa shape index (κ2) is 6.81. The van der Waals surface area contributed by atoms with Crippen LogP contribution in [0, 0.1) is 0 Å². The Balaban J connectivity index is 0.00000289. The van der Waals surface area contributed by atoms with E-state index in [1.807, 2.05) is 52.0 Å². The average molecular weight is 270 g/mol. The molecule has 0 fully saturated rings. The molecule has 102 valence electrons. The largest absolute Gasteiger partial charge is 0.488 e. The Morgan fingerprint density at radius 2 is 1.78 bits per heavy atom. The van der Waals surface area contributed by atoms with E-state index in [0.717, 1.165) is 23.3 Å². The monoisotopic (exact) mass is 269 g/mol. The second-order valence-electron chi connectivity index (χ2n) is 5.55. The zero-order valence-corrected chi connectivity index (χ0v) is 12.5. The molecule has 0 aliphatic heterocycles. The number of ether oxygens (including phenoxy) is 1. The molecule has 1 atom stereocenters. The molecule has 2 N–H and O–H groups in total. The standard InChI is InChI=1S/C15H23NO.ClH/c1-11(2)10-14(16)12-6-8-13(9-7-12)17-15(3,4)5;/h6-9,14H,1,10,16H2,2-5H3;1H/t14-;/m1./s1. The van der Waals surface area contributed by atoms with Crippen molar-refractivity contribution in [2.75, 3.05) is 0 Å². The molecule has 0 radical (unpaired) electrons. The quantitative estimate of drug-likeness (QED) is 0.830. The Labute approximate surface area is 117 Å². The molecule has 0 bridgehead atoms. The van der Waals surface area contributed by atoms with E-state index in [1.54, 1.807) is 0 Å². The van der Waals surface area contributed by atoms with Gasteiger partial charge in [-0.25, -0.2) is 0 Å². The van der Waals surface area contributed by atoms with Gasteiger partial charge in [0.05, 0.1) is 0 Å². The first-order chi connectivity index (χ1) is 7.78. The highest BCUT2D eigenvalue weighted by molar-refractivity contribution is 5.85. The smallest absolute Gasteiger partial charge is 0.120 e. The van der Waals surface area contributed by atoms with Crippen LogP contribution >= 0.6 is 12.4 Å². The molecule has 1 aromatic rings. The molecule has 0 saturated carbocycles. The first kappa shape index (κ1) is 17.0. The molecule has 0 aliphatic carbocycles. The van der Waals surface area contributed by atoms with Gasteiger partial charge in [-0.05, 0) is 51.8 Å². The van der Waals surface area contributed by atoms with Crippen molar-refractivity contribution in [2.45, 2.75) is 45.8 Å². The Morgan fingerprint density at radius 1 is 1.28 bits per heavy atom. The van der Waals surface area contributed by atoms with Gasteiger partial charge in [-0.1, -0.05) is 17.7 Å². The van der Waals surface area contributed by atoms with Crippen molar-refractivity contribution < 1.29 is 4.74 Å². The summed E-state index contributed by atoms with van der Waals surface area (Å²) >= 11 is 0. The third-order valence-electron chi connectivity index (χ3n) is 2.30. The van der Waals surface area contributed by atoms with E-state index < -0.39 is 0 Å². The van der Waals surface area contributed by atoms with Crippen molar-refractivity contribution in [2.24, 2.45) is 5.73 Å². The third kappa shape index (κ3) is 6.08. The number of hydrogen-bond donors (Lipinski definition) is 1. The highest BCUT2D eigenvalue weighted by Gasteiger charge is 2.12. The molecule has 3 heteroatoms. The van der Waals surface area contributed by atoms with Crippen molar-refractivity contribution >= 4 is 12.4 Å². The molecular weight excluding hydrogens is 246 g/mol. The van der Waals surface area contributed by atoms with Gasteiger partial charge < -0.3 is 10.5 Å².